The van der Waals surface area contributed by atoms with Crippen LogP contribution in [0.25, 0.3) is 0 Å². The van der Waals surface area contributed by atoms with Crippen molar-refractivity contribution < 1.29 is 5.11 Å². The van der Waals surface area contributed by atoms with Crippen molar-refractivity contribution in [2.75, 3.05) is 0 Å². The van der Waals surface area contributed by atoms with E-state index in [-0.39, 0.29) is 11.5 Å². The Kier molecular flexibility index (Phi) is 6.05. The molecule has 0 radical (unpaired) electrons. The van der Waals surface area contributed by atoms with E-state index < -0.39 is 0 Å². The van der Waals surface area contributed by atoms with Crippen LogP contribution in [0.15, 0.2) is 11.6 Å². The van der Waals surface area contributed by atoms with Crippen molar-refractivity contribution in [3.8, 4) is 0 Å². The second-order valence-electron chi connectivity index (χ2n) is 13.5. The third-order valence-electron chi connectivity index (χ3n) is 11.1. The van der Waals surface area contributed by atoms with Gasteiger partial charge in [-0.1, -0.05) is 79.4 Å². The molecule has 4 unspecified atom stereocenters. The summed E-state index contributed by atoms with van der Waals surface area (Å²) in [6, 6.07) is 0. The first-order chi connectivity index (χ1) is 14.0. The van der Waals surface area contributed by atoms with E-state index in [9.17, 15) is 5.11 Å². The molecule has 1 nitrogen and oxygen atoms in total. The average Bonchev–Trinajstić information content (AvgIpc) is 3.02. The highest BCUT2D eigenvalue weighted by Gasteiger charge is 2.61. The number of aliphatic hydroxyl groups is 1. The smallest absolute Gasteiger partial charge is 0.0628 e. The topological polar surface area (TPSA) is 20.2 Å². The Morgan fingerprint density at radius 2 is 1.67 bits per heavy atom. The Balaban J connectivity index is 1.54. The molecule has 172 valence electrons. The maximum Gasteiger partial charge on any atom is 0.0628 e. The number of allylic oxidation sites excluding steroid dienone is 1. The Labute approximate surface area is 187 Å². The predicted molar refractivity (Wildman–Crippen MR) is 128 cm³/mol. The van der Waals surface area contributed by atoms with Gasteiger partial charge in [-0.2, -0.15) is 0 Å². The van der Waals surface area contributed by atoms with Crippen molar-refractivity contribution in [3.63, 3.8) is 0 Å². The number of aliphatic hydroxyl groups excluding tert-OH is 1. The van der Waals surface area contributed by atoms with E-state index >= 15 is 0 Å². The zero-order valence-electron chi connectivity index (χ0n) is 21.1. The summed E-state index contributed by atoms with van der Waals surface area (Å²) in [6.45, 7) is 17.2. The quantitative estimate of drug-likeness (QED) is 0.451. The van der Waals surface area contributed by atoms with Crippen LogP contribution in [0.3, 0.4) is 0 Å². The predicted octanol–water partition coefficient (Wildman–Crippen LogP) is 8.02. The van der Waals surface area contributed by atoms with E-state index in [1.165, 1.54) is 57.8 Å². The maximum atomic E-state index is 10.7. The first-order valence-corrected chi connectivity index (χ1v) is 13.4. The lowest BCUT2D eigenvalue weighted by Gasteiger charge is -2.61. The number of rotatable bonds is 5. The second kappa shape index (κ2) is 7.93. The maximum absolute atomic E-state index is 10.7. The third-order valence-corrected chi connectivity index (χ3v) is 11.1. The Morgan fingerprint density at radius 3 is 2.37 bits per heavy atom. The molecule has 0 saturated heterocycles. The van der Waals surface area contributed by atoms with E-state index in [0.717, 1.165) is 41.9 Å². The van der Waals surface area contributed by atoms with Crippen molar-refractivity contribution >= 4 is 0 Å². The monoisotopic (exact) mass is 414 g/mol. The van der Waals surface area contributed by atoms with Gasteiger partial charge in [0.05, 0.1) is 6.10 Å². The molecule has 0 aromatic carbocycles. The fraction of sp³-hybridized carbons (Fsp3) is 0.931. The Bertz CT molecular complexity index is 659. The van der Waals surface area contributed by atoms with E-state index in [0.29, 0.717) is 10.8 Å². The van der Waals surface area contributed by atoms with Crippen molar-refractivity contribution in [3.05, 3.63) is 11.6 Å². The Hall–Kier alpha value is -0.300. The molecule has 0 heterocycles. The zero-order chi connectivity index (χ0) is 21.9. The number of hydrogen-bond donors (Lipinski definition) is 1. The lowest BCUT2D eigenvalue weighted by Crippen LogP contribution is -2.54. The van der Waals surface area contributed by atoms with Gasteiger partial charge in [0.25, 0.3) is 0 Å². The first-order valence-electron chi connectivity index (χ1n) is 13.4. The molecule has 0 aromatic rings. The molecular weight excluding hydrogens is 364 g/mol. The van der Waals surface area contributed by atoms with E-state index in [1.54, 1.807) is 5.57 Å². The normalized spacial score (nSPS) is 46.0. The molecule has 0 amide bonds. The fourth-order valence-electron chi connectivity index (χ4n) is 9.41. The summed E-state index contributed by atoms with van der Waals surface area (Å²) >= 11 is 0. The lowest BCUT2D eigenvalue weighted by atomic mass is 9.44. The van der Waals surface area contributed by atoms with Gasteiger partial charge in [0.15, 0.2) is 0 Å². The summed E-state index contributed by atoms with van der Waals surface area (Å²) in [6.07, 6.45) is 16.0. The summed E-state index contributed by atoms with van der Waals surface area (Å²) in [5.41, 5.74) is 2.47. The summed E-state index contributed by atoms with van der Waals surface area (Å²) < 4.78 is 0. The molecule has 4 aliphatic rings. The van der Waals surface area contributed by atoms with Crippen LogP contribution in [0.4, 0.5) is 0 Å². The second-order valence-corrected chi connectivity index (χ2v) is 13.5. The number of fused-ring (bicyclic) bond motifs is 5. The highest BCUT2D eigenvalue weighted by molar-refractivity contribution is 5.31. The Morgan fingerprint density at radius 1 is 0.933 bits per heavy atom. The summed E-state index contributed by atoms with van der Waals surface area (Å²) in [5, 5.41) is 10.7. The standard InChI is InChI=1S/C29H50O/c1-19(2)9-8-10-20(3)22-12-13-23-21-11-14-25-27(4,5)26(30)16-18-29(25,7)24(21)15-17-28(22,23)6/h14,19-24,26,30H,8-13,15-18H2,1-7H3/t20?,21?,22-,23?,24?,26+,28-,29-/m1/s1. The van der Waals surface area contributed by atoms with Crippen LogP contribution in [-0.4, -0.2) is 11.2 Å². The van der Waals surface area contributed by atoms with Crippen molar-refractivity contribution in [1.29, 1.82) is 0 Å². The van der Waals surface area contributed by atoms with E-state index in [1.807, 2.05) is 0 Å². The average molecular weight is 415 g/mol. The van der Waals surface area contributed by atoms with Crippen LogP contribution in [0.2, 0.25) is 0 Å². The van der Waals surface area contributed by atoms with Crippen LogP contribution in [-0.2, 0) is 0 Å². The van der Waals surface area contributed by atoms with Crippen LogP contribution in [0.1, 0.15) is 113 Å². The molecule has 0 spiro atoms. The molecule has 0 aliphatic heterocycles. The first kappa shape index (κ1) is 22.9. The number of hydrogen-bond acceptors (Lipinski definition) is 1. The third kappa shape index (κ3) is 3.45. The van der Waals surface area contributed by atoms with Gasteiger partial charge >= 0.3 is 0 Å². The SMILES string of the molecule is CC(C)CCCC(C)[C@H]1CCC2C3CC=C4C(C)(C)[C@@H](O)CC[C@]4(C)C3CC[C@@]21C. The van der Waals surface area contributed by atoms with Gasteiger partial charge in [0.2, 0.25) is 0 Å². The minimum Gasteiger partial charge on any atom is -0.392 e. The van der Waals surface area contributed by atoms with Crippen molar-refractivity contribution in [2.45, 2.75) is 119 Å². The molecule has 0 aromatic heterocycles. The van der Waals surface area contributed by atoms with Crippen LogP contribution in [0, 0.1) is 51.8 Å². The largest absolute Gasteiger partial charge is 0.392 e. The minimum absolute atomic E-state index is 0.0398. The molecule has 1 N–H and O–H groups in total. The van der Waals surface area contributed by atoms with Gasteiger partial charge in [-0.05, 0) is 91.3 Å². The fourth-order valence-corrected chi connectivity index (χ4v) is 9.41. The zero-order valence-corrected chi connectivity index (χ0v) is 21.1. The molecule has 4 aliphatic carbocycles. The van der Waals surface area contributed by atoms with Gasteiger partial charge in [-0.15, -0.1) is 0 Å². The molecule has 8 atom stereocenters. The van der Waals surface area contributed by atoms with Crippen molar-refractivity contribution in [2.24, 2.45) is 51.8 Å². The van der Waals surface area contributed by atoms with Gasteiger partial charge in [-0.25, -0.2) is 0 Å². The van der Waals surface area contributed by atoms with Crippen LogP contribution >= 0.6 is 0 Å². The molecular formula is C29H50O. The highest BCUT2D eigenvalue weighted by atomic mass is 16.3. The van der Waals surface area contributed by atoms with Crippen molar-refractivity contribution in [1.82, 2.24) is 0 Å². The summed E-state index contributed by atoms with van der Waals surface area (Å²) in [4.78, 5) is 0. The highest BCUT2D eigenvalue weighted by Crippen LogP contribution is 2.68. The molecule has 0 bridgehead atoms. The van der Waals surface area contributed by atoms with Gasteiger partial charge in [-0.3, -0.25) is 0 Å². The van der Waals surface area contributed by atoms with E-state index in [4.69, 9.17) is 0 Å². The van der Waals surface area contributed by atoms with Gasteiger partial charge < -0.3 is 5.11 Å². The molecule has 1 heteroatoms. The minimum atomic E-state index is -0.162. The molecule has 4 rings (SSSR count). The van der Waals surface area contributed by atoms with E-state index in [2.05, 4.69) is 54.5 Å². The van der Waals surface area contributed by atoms with Gasteiger partial charge in [0, 0.05) is 5.41 Å². The molecule has 3 fully saturated rings. The summed E-state index contributed by atoms with van der Waals surface area (Å²) in [5.74, 6) is 5.34. The van der Waals surface area contributed by atoms with Crippen LogP contribution < -0.4 is 0 Å². The summed E-state index contributed by atoms with van der Waals surface area (Å²) in [7, 11) is 0. The molecule has 3 saturated carbocycles. The van der Waals surface area contributed by atoms with Gasteiger partial charge in [0.1, 0.15) is 0 Å². The van der Waals surface area contributed by atoms with Crippen LogP contribution in [0.5, 0.6) is 0 Å². The lowest BCUT2D eigenvalue weighted by molar-refractivity contribution is -0.0782. The molecule has 30 heavy (non-hydrogen) atoms.